The minimum Gasteiger partial charge on any atom is -0.382 e. The summed E-state index contributed by atoms with van der Waals surface area (Å²) < 4.78 is 0. The highest BCUT2D eigenvalue weighted by atomic mass is 32.1. The molecule has 1 saturated carbocycles. The van der Waals surface area contributed by atoms with Crippen molar-refractivity contribution in [1.82, 2.24) is 4.98 Å². The quantitative estimate of drug-likeness (QED) is 0.809. The van der Waals surface area contributed by atoms with E-state index in [4.69, 9.17) is 0 Å². The topological polar surface area (TPSA) is 24.9 Å². The van der Waals surface area contributed by atoms with Crippen molar-refractivity contribution in [2.24, 2.45) is 5.41 Å². The van der Waals surface area contributed by atoms with E-state index < -0.39 is 0 Å². The van der Waals surface area contributed by atoms with Crippen LogP contribution in [0.1, 0.15) is 44.5 Å². The number of anilines is 1. The molecule has 1 aliphatic rings. The number of rotatable bonds is 3. The minimum atomic E-state index is 0.380. The summed E-state index contributed by atoms with van der Waals surface area (Å²) in [7, 11) is 0. The van der Waals surface area contributed by atoms with E-state index in [1.54, 1.807) is 11.3 Å². The van der Waals surface area contributed by atoms with E-state index in [0.717, 1.165) is 10.7 Å². The van der Waals surface area contributed by atoms with Crippen LogP contribution in [0.3, 0.4) is 0 Å². The average molecular weight is 300 g/mol. The fourth-order valence-electron chi connectivity index (χ4n) is 3.23. The van der Waals surface area contributed by atoms with Gasteiger partial charge in [0, 0.05) is 22.7 Å². The van der Waals surface area contributed by atoms with Crippen LogP contribution < -0.4 is 5.32 Å². The Morgan fingerprint density at radius 3 is 2.86 bits per heavy atom. The van der Waals surface area contributed by atoms with Crippen LogP contribution >= 0.6 is 11.3 Å². The van der Waals surface area contributed by atoms with E-state index in [2.05, 4.69) is 60.7 Å². The molecule has 1 atom stereocenters. The molecule has 1 aromatic heterocycles. The highest BCUT2D eigenvalue weighted by Crippen LogP contribution is 2.37. The molecule has 3 rings (SSSR count). The van der Waals surface area contributed by atoms with Gasteiger partial charge in [-0.25, -0.2) is 4.98 Å². The molecule has 0 amide bonds. The van der Waals surface area contributed by atoms with Crippen LogP contribution in [0.5, 0.6) is 0 Å². The predicted molar refractivity (Wildman–Crippen MR) is 91.9 cm³/mol. The van der Waals surface area contributed by atoms with Crippen molar-refractivity contribution < 1.29 is 0 Å². The third-order valence-corrected chi connectivity index (χ3v) is 5.40. The lowest BCUT2D eigenvalue weighted by atomic mass is 9.73. The summed E-state index contributed by atoms with van der Waals surface area (Å²) >= 11 is 1.71. The molecule has 21 heavy (non-hydrogen) atoms. The minimum absolute atomic E-state index is 0.380. The monoisotopic (exact) mass is 300 g/mol. The standard InChI is InChI=1S/C18H24N2S/c1-13-19-16(12-21-13)14-7-6-8-15(11-14)20-17-9-4-5-10-18(17,2)3/h6-8,11-12,17,20H,4-5,9-10H2,1-3H3. The molecule has 0 saturated heterocycles. The number of thiazole rings is 1. The second-order valence-corrected chi connectivity index (χ2v) is 7.83. The molecule has 1 aromatic carbocycles. The number of nitrogens with one attached hydrogen (secondary N) is 1. The van der Waals surface area contributed by atoms with Crippen molar-refractivity contribution in [3.63, 3.8) is 0 Å². The number of aromatic nitrogens is 1. The maximum Gasteiger partial charge on any atom is 0.0901 e. The number of aryl methyl sites for hydroxylation is 1. The summed E-state index contributed by atoms with van der Waals surface area (Å²) in [6, 6.07) is 9.25. The Labute approximate surface area is 131 Å². The molecule has 3 heteroatoms. The molecule has 0 bridgehead atoms. The van der Waals surface area contributed by atoms with Gasteiger partial charge in [-0.2, -0.15) is 0 Å². The first kappa shape index (κ1) is 14.6. The normalized spacial score (nSPS) is 21.2. The first-order chi connectivity index (χ1) is 10.0. The van der Waals surface area contributed by atoms with Gasteiger partial charge in [-0.1, -0.05) is 38.8 Å². The maximum atomic E-state index is 4.59. The van der Waals surface area contributed by atoms with Gasteiger partial charge >= 0.3 is 0 Å². The smallest absolute Gasteiger partial charge is 0.0901 e. The van der Waals surface area contributed by atoms with Gasteiger partial charge in [-0.05, 0) is 37.3 Å². The Morgan fingerprint density at radius 1 is 1.29 bits per heavy atom. The first-order valence-corrected chi connectivity index (χ1v) is 8.72. The fourth-order valence-corrected chi connectivity index (χ4v) is 3.85. The van der Waals surface area contributed by atoms with E-state index in [1.807, 2.05) is 0 Å². The molecule has 0 radical (unpaired) electrons. The summed E-state index contributed by atoms with van der Waals surface area (Å²) in [5, 5.41) is 7.02. The van der Waals surface area contributed by atoms with E-state index >= 15 is 0 Å². The molecule has 1 heterocycles. The molecule has 0 spiro atoms. The van der Waals surface area contributed by atoms with Gasteiger partial charge in [0.1, 0.15) is 0 Å². The van der Waals surface area contributed by atoms with Crippen molar-refractivity contribution in [3.05, 3.63) is 34.7 Å². The molecule has 0 aliphatic heterocycles. The average Bonchev–Trinajstić information content (AvgIpc) is 2.88. The van der Waals surface area contributed by atoms with Gasteiger partial charge in [0.25, 0.3) is 0 Å². The molecular weight excluding hydrogens is 276 g/mol. The van der Waals surface area contributed by atoms with Crippen LogP contribution in [-0.4, -0.2) is 11.0 Å². The number of hydrogen-bond acceptors (Lipinski definition) is 3. The molecule has 2 nitrogen and oxygen atoms in total. The summed E-state index contributed by atoms with van der Waals surface area (Å²) in [6.45, 7) is 6.83. The zero-order chi connectivity index (χ0) is 14.9. The molecule has 1 unspecified atom stereocenters. The van der Waals surface area contributed by atoms with Crippen molar-refractivity contribution >= 4 is 17.0 Å². The van der Waals surface area contributed by atoms with Crippen LogP contribution in [0, 0.1) is 12.3 Å². The third kappa shape index (κ3) is 3.29. The predicted octanol–water partition coefficient (Wildman–Crippen LogP) is 5.50. The van der Waals surface area contributed by atoms with Crippen molar-refractivity contribution in [2.75, 3.05) is 5.32 Å². The van der Waals surface area contributed by atoms with Crippen LogP contribution in [0.15, 0.2) is 29.6 Å². The van der Waals surface area contributed by atoms with Crippen LogP contribution in [0.4, 0.5) is 5.69 Å². The number of hydrogen-bond donors (Lipinski definition) is 1. The van der Waals surface area contributed by atoms with Gasteiger partial charge in [0.15, 0.2) is 0 Å². The van der Waals surface area contributed by atoms with Gasteiger partial charge in [0.2, 0.25) is 0 Å². The number of benzene rings is 1. The van der Waals surface area contributed by atoms with Crippen LogP contribution in [0.25, 0.3) is 11.3 Å². The highest BCUT2D eigenvalue weighted by molar-refractivity contribution is 7.09. The molecule has 112 valence electrons. The zero-order valence-electron chi connectivity index (χ0n) is 13.1. The van der Waals surface area contributed by atoms with E-state index in [1.165, 1.54) is 36.9 Å². The van der Waals surface area contributed by atoms with E-state index in [9.17, 15) is 0 Å². The Balaban J connectivity index is 1.80. The second-order valence-electron chi connectivity index (χ2n) is 6.76. The summed E-state index contributed by atoms with van der Waals surface area (Å²) in [5.74, 6) is 0. The Kier molecular flexibility index (Phi) is 4.03. The highest BCUT2D eigenvalue weighted by Gasteiger charge is 2.31. The molecule has 1 N–H and O–H groups in total. The van der Waals surface area contributed by atoms with Crippen molar-refractivity contribution in [2.45, 2.75) is 52.5 Å². The van der Waals surface area contributed by atoms with Gasteiger partial charge < -0.3 is 5.32 Å². The lowest BCUT2D eigenvalue weighted by molar-refractivity contribution is 0.217. The fraction of sp³-hybridized carbons (Fsp3) is 0.500. The summed E-state index contributed by atoms with van der Waals surface area (Å²) in [6.07, 6.45) is 5.29. The summed E-state index contributed by atoms with van der Waals surface area (Å²) in [4.78, 5) is 4.59. The molecule has 1 aliphatic carbocycles. The lowest BCUT2D eigenvalue weighted by Crippen LogP contribution is -2.38. The van der Waals surface area contributed by atoms with E-state index in [-0.39, 0.29) is 0 Å². The largest absolute Gasteiger partial charge is 0.382 e. The first-order valence-electron chi connectivity index (χ1n) is 7.84. The van der Waals surface area contributed by atoms with Crippen LogP contribution in [0.2, 0.25) is 0 Å². The van der Waals surface area contributed by atoms with Gasteiger partial charge in [0.05, 0.1) is 10.7 Å². The molecular formula is C18H24N2S. The molecule has 1 fully saturated rings. The molecule has 2 aromatic rings. The van der Waals surface area contributed by atoms with Crippen molar-refractivity contribution in [3.8, 4) is 11.3 Å². The second kappa shape index (κ2) is 5.80. The maximum absolute atomic E-state index is 4.59. The Bertz CT molecular complexity index is 615. The lowest BCUT2D eigenvalue weighted by Gasteiger charge is -2.39. The van der Waals surface area contributed by atoms with E-state index in [0.29, 0.717) is 11.5 Å². The van der Waals surface area contributed by atoms with Gasteiger partial charge in [-0.3, -0.25) is 0 Å². The summed E-state index contributed by atoms with van der Waals surface area (Å²) in [5.41, 5.74) is 3.89. The SMILES string of the molecule is Cc1nc(-c2cccc(NC3CCCCC3(C)C)c2)cs1. The number of nitrogens with zero attached hydrogens (tertiary/aromatic N) is 1. The Hall–Kier alpha value is -1.35. The third-order valence-electron chi connectivity index (χ3n) is 4.63. The van der Waals surface area contributed by atoms with Crippen molar-refractivity contribution in [1.29, 1.82) is 0 Å². The Morgan fingerprint density at radius 2 is 2.14 bits per heavy atom. The zero-order valence-corrected chi connectivity index (χ0v) is 14.0. The van der Waals surface area contributed by atoms with Gasteiger partial charge in [-0.15, -0.1) is 11.3 Å². The van der Waals surface area contributed by atoms with Crippen LogP contribution in [-0.2, 0) is 0 Å².